The largest absolute Gasteiger partial charge is 0.476 e. The second-order valence-electron chi connectivity index (χ2n) is 4.83. The Balaban J connectivity index is 1.76. The second kappa shape index (κ2) is 4.58. The topological polar surface area (TPSA) is 117 Å². The number of hydrogen-bond acceptors (Lipinski definition) is 5. The number of rotatable bonds is 5. The van der Waals surface area contributed by atoms with Crippen molar-refractivity contribution in [3.05, 3.63) is 11.4 Å². The van der Waals surface area contributed by atoms with Crippen LogP contribution in [0.4, 0.5) is 4.79 Å². The smallest absolute Gasteiger partial charge is 0.358 e. The van der Waals surface area contributed by atoms with Gasteiger partial charge in [0.25, 0.3) is 0 Å². The maximum Gasteiger partial charge on any atom is 0.358 e. The molecule has 1 aromatic heterocycles. The number of imide groups is 1. The molecule has 9 heteroatoms. The average Bonchev–Trinajstić information content (AvgIpc) is 3.08. The summed E-state index contributed by atoms with van der Waals surface area (Å²) in [5.41, 5.74) is 0.550. The molecule has 1 aliphatic carbocycles. The lowest BCUT2D eigenvalue weighted by atomic mass is 10.2. The van der Waals surface area contributed by atoms with Crippen LogP contribution in [-0.2, 0) is 11.3 Å². The highest BCUT2D eigenvalue weighted by Gasteiger charge is 2.34. The van der Waals surface area contributed by atoms with Gasteiger partial charge in [-0.25, -0.2) is 14.3 Å². The Hall–Kier alpha value is -2.45. The molecule has 0 spiro atoms. The van der Waals surface area contributed by atoms with E-state index in [1.807, 2.05) is 0 Å². The first kappa shape index (κ1) is 12.6. The highest BCUT2D eigenvalue weighted by Crippen LogP contribution is 2.41. The van der Waals surface area contributed by atoms with Crippen molar-refractivity contribution in [2.75, 3.05) is 13.1 Å². The van der Waals surface area contributed by atoms with Gasteiger partial charge in [0.1, 0.15) is 0 Å². The summed E-state index contributed by atoms with van der Waals surface area (Å²) >= 11 is 0. The molecular weight excluding hydrogens is 266 g/mol. The Morgan fingerprint density at radius 3 is 2.65 bits per heavy atom. The van der Waals surface area contributed by atoms with Crippen molar-refractivity contribution in [2.24, 2.45) is 0 Å². The molecule has 2 N–H and O–H groups in total. The van der Waals surface area contributed by atoms with E-state index in [4.69, 9.17) is 5.11 Å². The number of aromatic nitrogens is 3. The van der Waals surface area contributed by atoms with Crippen LogP contribution in [0.2, 0.25) is 0 Å². The van der Waals surface area contributed by atoms with Gasteiger partial charge in [0.15, 0.2) is 5.69 Å². The monoisotopic (exact) mass is 279 g/mol. The summed E-state index contributed by atoms with van der Waals surface area (Å²) in [6.45, 7) is 0.421. The summed E-state index contributed by atoms with van der Waals surface area (Å²) in [7, 11) is 0. The van der Waals surface area contributed by atoms with E-state index in [-0.39, 0.29) is 37.2 Å². The Kier molecular flexibility index (Phi) is 2.88. The molecule has 1 saturated heterocycles. The van der Waals surface area contributed by atoms with E-state index in [9.17, 15) is 14.4 Å². The van der Waals surface area contributed by atoms with Gasteiger partial charge in [-0.3, -0.25) is 9.69 Å². The van der Waals surface area contributed by atoms with Crippen LogP contribution in [0.1, 0.15) is 34.9 Å². The Morgan fingerprint density at radius 1 is 1.35 bits per heavy atom. The van der Waals surface area contributed by atoms with Crippen molar-refractivity contribution in [1.29, 1.82) is 0 Å². The summed E-state index contributed by atoms with van der Waals surface area (Å²) in [5, 5.41) is 19.0. The van der Waals surface area contributed by atoms with Crippen LogP contribution < -0.4 is 5.32 Å². The predicted molar refractivity (Wildman–Crippen MR) is 64.1 cm³/mol. The van der Waals surface area contributed by atoms with E-state index in [0.717, 1.165) is 17.7 Å². The SMILES string of the molecule is O=C(O)c1nnn(CCN2C(=O)CNC2=O)c1C1CC1. The van der Waals surface area contributed by atoms with Gasteiger partial charge in [0, 0.05) is 5.92 Å². The van der Waals surface area contributed by atoms with Gasteiger partial charge in [-0.15, -0.1) is 5.10 Å². The van der Waals surface area contributed by atoms with Crippen molar-refractivity contribution >= 4 is 17.9 Å². The third-order valence-electron chi connectivity index (χ3n) is 3.41. The van der Waals surface area contributed by atoms with E-state index < -0.39 is 12.0 Å². The number of amides is 3. The minimum Gasteiger partial charge on any atom is -0.476 e. The standard InChI is InChI=1S/C11H13N5O4/c17-7-5-12-11(20)15(7)3-4-16-9(6-1-2-6)8(10(18)19)13-14-16/h6H,1-5H2,(H,12,20)(H,18,19). The first-order valence-corrected chi connectivity index (χ1v) is 6.33. The summed E-state index contributed by atoms with van der Waals surface area (Å²) in [6, 6.07) is -0.429. The molecule has 0 radical (unpaired) electrons. The highest BCUT2D eigenvalue weighted by atomic mass is 16.4. The maximum atomic E-state index is 11.5. The molecule has 1 aliphatic heterocycles. The fourth-order valence-corrected chi connectivity index (χ4v) is 2.28. The van der Waals surface area contributed by atoms with E-state index in [0.29, 0.717) is 5.69 Å². The van der Waals surface area contributed by atoms with Gasteiger partial charge in [-0.2, -0.15) is 0 Å². The Labute approximate surface area is 113 Å². The molecule has 2 aliphatic rings. The fraction of sp³-hybridized carbons (Fsp3) is 0.545. The van der Waals surface area contributed by atoms with Gasteiger partial charge in [-0.05, 0) is 12.8 Å². The molecule has 2 heterocycles. The predicted octanol–water partition coefficient (Wildman–Crippen LogP) is -0.595. The molecule has 0 unspecified atom stereocenters. The van der Waals surface area contributed by atoms with Crippen LogP contribution in [0.5, 0.6) is 0 Å². The minimum atomic E-state index is -1.10. The fourth-order valence-electron chi connectivity index (χ4n) is 2.28. The molecule has 0 aromatic carbocycles. The van der Waals surface area contributed by atoms with Crippen LogP contribution in [0.3, 0.4) is 0 Å². The molecule has 9 nitrogen and oxygen atoms in total. The van der Waals surface area contributed by atoms with Crippen LogP contribution in [0.25, 0.3) is 0 Å². The highest BCUT2D eigenvalue weighted by molar-refractivity contribution is 6.01. The normalized spacial score (nSPS) is 18.5. The van der Waals surface area contributed by atoms with Crippen molar-refractivity contribution in [2.45, 2.75) is 25.3 Å². The molecular formula is C11H13N5O4. The lowest BCUT2D eigenvalue weighted by Gasteiger charge is -2.13. The molecule has 3 rings (SSSR count). The third-order valence-corrected chi connectivity index (χ3v) is 3.41. The lowest BCUT2D eigenvalue weighted by molar-refractivity contribution is -0.125. The lowest BCUT2D eigenvalue weighted by Crippen LogP contribution is -2.34. The number of nitrogens with one attached hydrogen (secondary N) is 1. The second-order valence-corrected chi connectivity index (χ2v) is 4.83. The number of aromatic carboxylic acids is 1. The number of carbonyl (C=O) groups excluding carboxylic acids is 2. The number of carbonyl (C=O) groups is 3. The van der Waals surface area contributed by atoms with Gasteiger partial charge in [0.2, 0.25) is 5.91 Å². The van der Waals surface area contributed by atoms with Crippen LogP contribution in [-0.4, -0.2) is 56.0 Å². The summed E-state index contributed by atoms with van der Waals surface area (Å²) in [5.74, 6) is -1.23. The first-order valence-electron chi connectivity index (χ1n) is 6.33. The summed E-state index contributed by atoms with van der Waals surface area (Å²) < 4.78 is 1.49. The van der Waals surface area contributed by atoms with Crippen LogP contribution >= 0.6 is 0 Å². The van der Waals surface area contributed by atoms with E-state index in [2.05, 4.69) is 15.6 Å². The molecule has 1 aromatic rings. The van der Waals surface area contributed by atoms with Crippen LogP contribution in [0, 0.1) is 0 Å². The van der Waals surface area contributed by atoms with Crippen molar-refractivity contribution in [3.63, 3.8) is 0 Å². The van der Waals surface area contributed by atoms with E-state index >= 15 is 0 Å². The number of hydrogen-bond donors (Lipinski definition) is 2. The molecule has 0 bridgehead atoms. The van der Waals surface area contributed by atoms with Gasteiger partial charge in [-0.1, -0.05) is 5.21 Å². The van der Waals surface area contributed by atoms with Crippen molar-refractivity contribution < 1.29 is 19.5 Å². The zero-order valence-electron chi connectivity index (χ0n) is 10.6. The zero-order valence-corrected chi connectivity index (χ0v) is 10.6. The number of carboxylic acid groups (broad SMARTS) is 1. The maximum absolute atomic E-state index is 11.5. The molecule has 0 atom stereocenters. The molecule has 3 amide bonds. The number of nitrogens with zero attached hydrogens (tertiary/aromatic N) is 4. The third kappa shape index (κ3) is 2.10. The van der Waals surface area contributed by atoms with Crippen LogP contribution in [0.15, 0.2) is 0 Å². The molecule has 1 saturated carbocycles. The first-order chi connectivity index (χ1) is 9.58. The minimum absolute atomic E-state index is 0.00600. The number of carboxylic acids is 1. The Bertz CT molecular complexity index is 576. The van der Waals surface area contributed by atoms with Crippen molar-refractivity contribution in [3.8, 4) is 0 Å². The molecule has 2 fully saturated rings. The summed E-state index contributed by atoms with van der Waals surface area (Å²) in [4.78, 5) is 35.0. The zero-order chi connectivity index (χ0) is 14.3. The average molecular weight is 279 g/mol. The van der Waals surface area contributed by atoms with E-state index in [1.54, 1.807) is 0 Å². The number of urea groups is 1. The van der Waals surface area contributed by atoms with E-state index in [1.165, 1.54) is 4.68 Å². The summed E-state index contributed by atoms with van der Waals surface area (Å²) in [6.07, 6.45) is 1.83. The quantitative estimate of drug-likeness (QED) is 0.695. The van der Waals surface area contributed by atoms with Gasteiger partial charge >= 0.3 is 12.0 Å². The van der Waals surface area contributed by atoms with Gasteiger partial charge < -0.3 is 10.4 Å². The van der Waals surface area contributed by atoms with Gasteiger partial charge in [0.05, 0.1) is 25.3 Å². The Morgan fingerprint density at radius 2 is 2.10 bits per heavy atom. The molecule has 20 heavy (non-hydrogen) atoms. The van der Waals surface area contributed by atoms with Crippen molar-refractivity contribution in [1.82, 2.24) is 25.2 Å². The molecule has 106 valence electrons.